The molecule has 0 radical (unpaired) electrons. The molecule has 2 fully saturated rings. The lowest BCUT2D eigenvalue weighted by Gasteiger charge is -2.37. The molecule has 1 saturated carbocycles. The first-order chi connectivity index (χ1) is 10.1. The zero-order valence-corrected chi connectivity index (χ0v) is 13.8. The summed E-state index contributed by atoms with van der Waals surface area (Å²) in [6.45, 7) is 9.39. The highest BCUT2D eigenvalue weighted by atomic mass is 15.2. The highest BCUT2D eigenvalue weighted by Crippen LogP contribution is 2.44. The fourth-order valence-electron chi connectivity index (χ4n) is 4.71. The van der Waals surface area contributed by atoms with Crippen LogP contribution in [0.5, 0.6) is 0 Å². The first kappa shape index (κ1) is 14.8. The molecule has 1 aromatic carbocycles. The molecular formula is C20H29N. The van der Waals surface area contributed by atoms with Gasteiger partial charge in [-0.1, -0.05) is 55.3 Å². The van der Waals surface area contributed by atoms with Crippen LogP contribution in [0, 0.1) is 17.8 Å². The van der Waals surface area contributed by atoms with Crippen molar-refractivity contribution in [3.05, 3.63) is 47.5 Å². The van der Waals surface area contributed by atoms with Crippen molar-refractivity contribution in [1.29, 1.82) is 0 Å². The molecule has 0 amide bonds. The molecule has 0 N–H and O–H groups in total. The van der Waals surface area contributed by atoms with E-state index < -0.39 is 0 Å². The molecule has 1 saturated heterocycles. The van der Waals surface area contributed by atoms with E-state index in [1.165, 1.54) is 36.9 Å². The summed E-state index contributed by atoms with van der Waals surface area (Å²) >= 11 is 0. The Bertz CT molecular complexity index is 486. The summed E-state index contributed by atoms with van der Waals surface area (Å²) in [5.74, 6) is 2.52. The van der Waals surface area contributed by atoms with E-state index in [4.69, 9.17) is 0 Å². The van der Waals surface area contributed by atoms with Crippen molar-refractivity contribution in [2.24, 2.45) is 17.8 Å². The second-order valence-corrected chi connectivity index (χ2v) is 7.38. The largest absolute Gasteiger partial charge is 0.296 e. The summed E-state index contributed by atoms with van der Waals surface area (Å²) in [7, 11) is 0. The Morgan fingerprint density at radius 2 is 1.95 bits per heavy atom. The van der Waals surface area contributed by atoms with E-state index in [1.54, 1.807) is 0 Å². The minimum absolute atomic E-state index is 0.801. The van der Waals surface area contributed by atoms with Crippen LogP contribution in [0.15, 0.2) is 42.0 Å². The molecule has 0 bridgehead atoms. The monoisotopic (exact) mass is 283 g/mol. The van der Waals surface area contributed by atoms with Gasteiger partial charge in [-0.3, -0.25) is 4.90 Å². The number of likely N-dealkylation sites (tertiary alicyclic amines) is 1. The summed E-state index contributed by atoms with van der Waals surface area (Å²) in [6, 6.07) is 11.8. The van der Waals surface area contributed by atoms with Gasteiger partial charge in [-0.25, -0.2) is 0 Å². The topological polar surface area (TPSA) is 3.24 Å². The van der Waals surface area contributed by atoms with Gasteiger partial charge in [0.1, 0.15) is 0 Å². The fourth-order valence-corrected chi connectivity index (χ4v) is 4.71. The number of benzene rings is 1. The van der Waals surface area contributed by atoms with Crippen molar-refractivity contribution in [3.8, 4) is 0 Å². The summed E-state index contributed by atoms with van der Waals surface area (Å²) in [5.41, 5.74) is 2.96. The molecule has 2 aliphatic rings. The van der Waals surface area contributed by atoms with Gasteiger partial charge in [0.2, 0.25) is 0 Å². The minimum Gasteiger partial charge on any atom is -0.296 e. The molecule has 1 aromatic rings. The molecule has 3 rings (SSSR count). The number of nitrogens with zero attached hydrogens (tertiary/aromatic N) is 1. The summed E-state index contributed by atoms with van der Waals surface area (Å²) in [6.07, 6.45) is 6.75. The van der Waals surface area contributed by atoms with Gasteiger partial charge in [-0.15, -0.1) is 0 Å². The van der Waals surface area contributed by atoms with Crippen LogP contribution in [0.1, 0.15) is 45.6 Å². The zero-order chi connectivity index (χ0) is 14.8. The Hall–Kier alpha value is -1.08. The van der Waals surface area contributed by atoms with Crippen molar-refractivity contribution in [2.75, 3.05) is 6.54 Å². The molecule has 1 aliphatic heterocycles. The van der Waals surface area contributed by atoms with Crippen molar-refractivity contribution in [3.63, 3.8) is 0 Å². The molecule has 21 heavy (non-hydrogen) atoms. The molecule has 0 unspecified atom stereocenters. The minimum atomic E-state index is 0.801. The van der Waals surface area contributed by atoms with E-state index in [9.17, 15) is 0 Å². The van der Waals surface area contributed by atoms with Crippen molar-refractivity contribution in [1.82, 2.24) is 4.90 Å². The van der Waals surface area contributed by atoms with Gasteiger partial charge in [0.25, 0.3) is 0 Å². The number of allylic oxidation sites excluding steroid dienone is 2. The molecule has 4 atom stereocenters. The molecule has 114 valence electrons. The Labute approximate surface area is 130 Å². The number of hydrogen-bond donors (Lipinski definition) is 0. The van der Waals surface area contributed by atoms with E-state index in [0.29, 0.717) is 0 Å². The average molecular weight is 283 g/mol. The standard InChI is InChI=1S/C20H29N/c1-15(2)12-18-10-7-11-19-20(18)16(3)13-21(19)14-17-8-5-4-6-9-17/h4-6,8-9,12,16,18-20H,7,10-11,13-14H2,1-3H3/t16-,18+,19+,20-/m0/s1. The molecule has 1 heterocycles. The van der Waals surface area contributed by atoms with Crippen LogP contribution in [0.25, 0.3) is 0 Å². The third-order valence-electron chi connectivity index (χ3n) is 5.40. The number of fused-ring (bicyclic) bond motifs is 1. The molecule has 0 aromatic heterocycles. The van der Waals surface area contributed by atoms with Gasteiger partial charge < -0.3 is 0 Å². The van der Waals surface area contributed by atoms with Crippen LogP contribution in [-0.4, -0.2) is 17.5 Å². The maximum absolute atomic E-state index is 2.76. The van der Waals surface area contributed by atoms with Gasteiger partial charge in [-0.05, 0) is 50.0 Å². The Balaban J connectivity index is 1.76. The predicted octanol–water partition coefficient (Wildman–Crippen LogP) is 4.89. The third kappa shape index (κ3) is 3.23. The Kier molecular flexibility index (Phi) is 4.49. The molecule has 0 spiro atoms. The van der Waals surface area contributed by atoms with Crippen LogP contribution < -0.4 is 0 Å². The molecule has 1 aliphatic carbocycles. The lowest BCUT2D eigenvalue weighted by atomic mass is 9.72. The quantitative estimate of drug-likeness (QED) is 0.714. The maximum Gasteiger partial charge on any atom is 0.0236 e. The van der Waals surface area contributed by atoms with Crippen molar-refractivity contribution < 1.29 is 0 Å². The van der Waals surface area contributed by atoms with Gasteiger partial charge in [-0.2, -0.15) is 0 Å². The third-order valence-corrected chi connectivity index (χ3v) is 5.40. The average Bonchev–Trinajstić information content (AvgIpc) is 2.77. The van der Waals surface area contributed by atoms with Gasteiger partial charge in [0, 0.05) is 19.1 Å². The SMILES string of the molecule is CC(C)=C[C@H]1CCC[C@@H]2[C@H]1[C@@H](C)CN2Cc1ccccc1. The van der Waals surface area contributed by atoms with E-state index in [-0.39, 0.29) is 0 Å². The van der Waals surface area contributed by atoms with Gasteiger partial charge in [0.05, 0.1) is 0 Å². The highest BCUT2D eigenvalue weighted by molar-refractivity contribution is 5.16. The van der Waals surface area contributed by atoms with E-state index in [0.717, 1.165) is 30.3 Å². The first-order valence-electron chi connectivity index (χ1n) is 8.58. The maximum atomic E-state index is 2.76. The van der Waals surface area contributed by atoms with Gasteiger partial charge in [0.15, 0.2) is 0 Å². The summed E-state index contributed by atoms with van der Waals surface area (Å²) < 4.78 is 0. The van der Waals surface area contributed by atoms with Crippen molar-refractivity contribution >= 4 is 0 Å². The predicted molar refractivity (Wildman–Crippen MR) is 90.1 cm³/mol. The van der Waals surface area contributed by atoms with Crippen LogP contribution in [-0.2, 0) is 6.54 Å². The van der Waals surface area contributed by atoms with E-state index in [2.05, 4.69) is 62.1 Å². The summed E-state index contributed by atoms with van der Waals surface area (Å²) in [5, 5.41) is 0. The molecule has 1 heteroatoms. The second-order valence-electron chi connectivity index (χ2n) is 7.38. The Morgan fingerprint density at radius 1 is 1.19 bits per heavy atom. The fraction of sp³-hybridized carbons (Fsp3) is 0.600. The van der Waals surface area contributed by atoms with Crippen LogP contribution in [0.4, 0.5) is 0 Å². The summed E-state index contributed by atoms with van der Waals surface area (Å²) in [4.78, 5) is 2.76. The Morgan fingerprint density at radius 3 is 2.67 bits per heavy atom. The highest BCUT2D eigenvalue weighted by Gasteiger charge is 2.44. The van der Waals surface area contributed by atoms with Crippen LogP contribution in [0.2, 0.25) is 0 Å². The normalized spacial score (nSPS) is 32.7. The lowest BCUT2D eigenvalue weighted by Crippen LogP contribution is -2.38. The smallest absolute Gasteiger partial charge is 0.0236 e. The van der Waals surface area contributed by atoms with Crippen LogP contribution in [0.3, 0.4) is 0 Å². The molecule has 1 nitrogen and oxygen atoms in total. The first-order valence-corrected chi connectivity index (χ1v) is 8.58. The van der Waals surface area contributed by atoms with Crippen LogP contribution >= 0.6 is 0 Å². The zero-order valence-electron chi connectivity index (χ0n) is 13.8. The number of hydrogen-bond acceptors (Lipinski definition) is 1. The van der Waals surface area contributed by atoms with Gasteiger partial charge >= 0.3 is 0 Å². The van der Waals surface area contributed by atoms with E-state index >= 15 is 0 Å². The van der Waals surface area contributed by atoms with Crippen molar-refractivity contribution in [2.45, 2.75) is 52.6 Å². The molecular weight excluding hydrogens is 254 g/mol. The number of rotatable bonds is 3. The second kappa shape index (κ2) is 6.36. The lowest BCUT2D eigenvalue weighted by molar-refractivity contribution is 0.145. The van der Waals surface area contributed by atoms with E-state index in [1.807, 2.05) is 0 Å².